The maximum atomic E-state index is 13.2. The van der Waals surface area contributed by atoms with Crippen LogP contribution in [0.25, 0.3) is 0 Å². The van der Waals surface area contributed by atoms with Crippen molar-refractivity contribution in [2.45, 2.75) is 32.4 Å². The van der Waals surface area contributed by atoms with E-state index in [0.29, 0.717) is 37.5 Å². The van der Waals surface area contributed by atoms with Crippen LogP contribution in [0.2, 0.25) is 0 Å². The van der Waals surface area contributed by atoms with E-state index >= 15 is 0 Å². The summed E-state index contributed by atoms with van der Waals surface area (Å²) >= 11 is 0. The Morgan fingerprint density at radius 3 is 2.61 bits per heavy atom. The number of benzene rings is 2. The highest BCUT2D eigenvalue weighted by Crippen LogP contribution is 2.37. The second-order valence-corrected chi connectivity index (χ2v) is 7.59. The molecule has 0 fully saturated rings. The van der Waals surface area contributed by atoms with Gasteiger partial charge >= 0.3 is 0 Å². The Hall–Kier alpha value is -3.67. The lowest BCUT2D eigenvalue weighted by molar-refractivity contribution is -0.127. The number of anilines is 1. The Bertz CT molecular complexity index is 1050. The van der Waals surface area contributed by atoms with Gasteiger partial charge in [-0.2, -0.15) is 0 Å². The van der Waals surface area contributed by atoms with Gasteiger partial charge in [0.2, 0.25) is 12.0 Å². The molecule has 0 saturated carbocycles. The van der Waals surface area contributed by atoms with Gasteiger partial charge in [0, 0.05) is 31.3 Å². The van der Waals surface area contributed by atoms with Crippen molar-refractivity contribution < 1.29 is 14.3 Å². The molecule has 0 bridgehead atoms. The van der Waals surface area contributed by atoms with Crippen molar-refractivity contribution in [3.63, 3.8) is 0 Å². The van der Waals surface area contributed by atoms with Crippen LogP contribution >= 0.6 is 0 Å². The summed E-state index contributed by atoms with van der Waals surface area (Å²) in [6.07, 6.45) is 1.78. The zero-order chi connectivity index (χ0) is 21.6. The lowest BCUT2D eigenvalue weighted by atomic mass is 10.1. The summed E-state index contributed by atoms with van der Waals surface area (Å²) in [5, 5.41) is 2.94. The fraction of sp³-hybridized carbons (Fsp3) is 0.240. The van der Waals surface area contributed by atoms with Gasteiger partial charge in [0.05, 0.1) is 0 Å². The summed E-state index contributed by atoms with van der Waals surface area (Å²) in [5.74, 6) is 0.860. The molecule has 0 radical (unpaired) electrons. The first-order valence-corrected chi connectivity index (χ1v) is 10.4. The van der Waals surface area contributed by atoms with Gasteiger partial charge in [-0.3, -0.25) is 14.5 Å². The molecule has 2 aromatic carbocycles. The molecule has 158 valence electrons. The molecule has 2 amide bonds. The number of amides is 2. The van der Waals surface area contributed by atoms with E-state index in [2.05, 4.69) is 10.3 Å². The molecule has 6 nitrogen and oxygen atoms in total. The maximum Gasteiger partial charge on any atom is 0.274 e. The van der Waals surface area contributed by atoms with E-state index in [1.807, 2.05) is 67.6 Å². The van der Waals surface area contributed by atoms with Crippen molar-refractivity contribution in [2.24, 2.45) is 0 Å². The molecule has 1 aromatic heterocycles. The van der Waals surface area contributed by atoms with Crippen molar-refractivity contribution in [2.75, 3.05) is 11.4 Å². The number of hydrogen-bond acceptors (Lipinski definition) is 4. The number of fused-ring (bicyclic) bond motifs is 1. The molecule has 4 rings (SSSR count). The summed E-state index contributed by atoms with van der Waals surface area (Å²) in [7, 11) is 0. The molecule has 1 atom stereocenters. The number of carbonyl (C=O) groups excluding carboxylic acids is 2. The highest BCUT2D eigenvalue weighted by Gasteiger charge is 2.36. The van der Waals surface area contributed by atoms with Crippen LogP contribution in [-0.2, 0) is 16.1 Å². The van der Waals surface area contributed by atoms with Crippen LogP contribution in [0.4, 0.5) is 5.82 Å². The lowest BCUT2D eigenvalue weighted by Crippen LogP contribution is -2.42. The SMILES string of the molecule is Cc1ccc(CNC(=O)CCCN2C(=O)[C@H](c3ccccc3)Oc3cccnc32)cc1. The number of pyridine rings is 1. The number of aryl methyl sites for hydroxylation is 1. The molecule has 31 heavy (non-hydrogen) atoms. The number of ether oxygens (including phenoxy) is 1. The van der Waals surface area contributed by atoms with E-state index in [9.17, 15) is 9.59 Å². The maximum absolute atomic E-state index is 13.2. The predicted octanol–water partition coefficient (Wildman–Crippen LogP) is 3.95. The van der Waals surface area contributed by atoms with Crippen molar-refractivity contribution in [3.05, 3.63) is 89.6 Å². The molecule has 0 spiro atoms. The van der Waals surface area contributed by atoms with E-state index in [1.54, 1.807) is 17.2 Å². The van der Waals surface area contributed by atoms with Crippen LogP contribution in [0.15, 0.2) is 72.9 Å². The Labute approximate surface area is 181 Å². The Kier molecular flexibility index (Phi) is 6.26. The average molecular weight is 415 g/mol. The first-order valence-electron chi connectivity index (χ1n) is 10.4. The number of nitrogens with one attached hydrogen (secondary N) is 1. The molecule has 1 aliphatic heterocycles. The minimum absolute atomic E-state index is 0.0397. The van der Waals surface area contributed by atoms with Gasteiger partial charge in [-0.05, 0) is 31.0 Å². The number of hydrogen-bond donors (Lipinski definition) is 1. The zero-order valence-electron chi connectivity index (χ0n) is 17.5. The molecule has 2 heterocycles. The fourth-order valence-electron chi connectivity index (χ4n) is 3.55. The molecule has 0 aliphatic carbocycles. The van der Waals surface area contributed by atoms with E-state index in [4.69, 9.17) is 4.74 Å². The molecular weight excluding hydrogens is 390 g/mol. The van der Waals surface area contributed by atoms with Crippen LogP contribution in [0, 0.1) is 6.92 Å². The van der Waals surface area contributed by atoms with Crippen LogP contribution in [0.1, 0.15) is 35.6 Å². The highest BCUT2D eigenvalue weighted by molar-refractivity contribution is 5.99. The van der Waals surface area contributed by atoms with Crippen molar-refractivity contribution in [1.82, 2.24) is 10.3 Å². The monoisotopic (exact) mass is 415 g/mol. The molecule has 1 aliphatic rings. The first-order chi connectivity index (χ1) is 15.1. The summed E-state index contributed by atoms with van der Waals surface area (Å²) in [4.78, 5) is 31.4. The van der Waals surface area contributed by atoms with Gasteiger partial charge in [0.25, 0.3) is 5.91 Å². The van der Waals surface area contributed by atoms with E-state index in [0.717, 1.165) is 11.1 Å². The topological polar surface area (TPSA) is 71.5 Å². The quantitative estimate of drug-likeness (QED) is 0.634. The minimum atomic E-state index is -0.715. The second kappa shape index (κ2) is 9.43. The van der Waals surface area contributed by atoms with E-state index in [-0.39, 0.29) is 11.8 Å². The van der Waals surface area contributed by atoms with Crippen molar-refractivity contribution in [1.29, 1.82) is 0 Å². The Balaban J connectivity index is 1.38. The summed E-state index contributed by atoms with van der Waals surface area (Å²) in [6.45, 7) is 2.92. The van der Waals surface area contributed by atoms with Gasteiger partial charge in [-0.25, -0.2) is 4.98 Å². The molecule has 6 heteroatoms. The van der Waals surface area contributed by atoms with Crippen LogP contribution in [-0.4, -0.2) is 23.3 Å². The Morgan fingerprint density at radius 2 is 1.84 bits per heavy atom. The highest BCUT2D eigenvalue weighted by atomic mass is 16.5. The summed E-state index contributed by atoms with van der Waals surface area (Å²) < 4.78 is 5.95. The lowest BCUT2D eigenvalue weighted by Gasteiger charge is -2.33. The number of carbonyl (C=O) groups is 2. The average Bonchev–Trinajstić information content (AvgIpc) is 2.80. The standard InChI is InChI=1S/C25H25N3O3/c1-18-11-13-19(14-12-18)17-27-22(29)10-6-16-28-24-21(9-5-15-26-24)31-23(25(28)30)20-7-3-2-4-8-20/h2-5,7-9,11-15,23H,6,10,16-17H2,1H3,(H,27,29)/t23-/m0/s1. The third-order valence-corrected chi connectivity index (χ3v) is 5.24. The summed E-state index contributed by atoms with van der Waals surface area (Å²) in [6, 6.07) is 21.1. The predicted molar refractivity (Wildman–Crippen MR) is 119 cm³/mol. The largest absolute Gasteiger partial charge is 0.472 e. The van der Waals surface area contributed by atoms with Gasteiger partial charge in [-0.15, -0.1) is 0 Å². The van der Waals surface area contributed by atoms with Gasteiger partial charge in [0.15, 0.2) is 11.6 Å². The molecular formula is C25H25N3O3. The molecule has 0 unspecified atom stereocenters. The summed E-state index contributed by atoms with van der Waals surface area (Å²) in [5.41, 5.74) is 3.04. The van der Waals surface area contributed by atoms with E-state index in [1.165, 1.54) is 5.56 Å². The molecule has 1 N–H and O–H groups in total. The number of rotatable bonds is 7. The second-order valence-electron chi connectivity index (χ2n) is 7.59. The molecule has 3 aromatic rings. The number of aromatic nitrogens is 1. The normalized spacial score (nSPS) is 15.2. The van der Waals surface area contributed by atoms with Gasteiger partial charge in [0.1, 0.15) is 0 Å². The molecule has 0 saturated heterocycles. The Morgan fingerprint density at radius 1 is 1.06 bits per heavy atom. The van der Waals surface area contributed by atoms with Crippen molar-refractivity contribution in [3.8, 4) is 5.75 Å². The first kappa shape index (κ1) is 20.6. The minimum Gasteiger partial charge on any atom is -0.472 e. The van der Waals surface area contributed by atoms with Gasteiger partial charge < -0.3 is 10.1 Å². The van der Waals surface area contributed by atoms with Crippen LogP contribution in [0.3, 0.4) is 0 Å². The van der Waals surface area contributed by atoms with Gasteiger partial charge in [-0.1, -0.05) is 60.2 Å². The smallest absolute Gasteiger partial charge is 0.274 e. The van der Waals surface area contributed by atoms with Crippen LogP contribution in [0.5, 0.6) is 5.75 Å². The van der Waals surface area contributed by atoms with E-state index < -0.39 is 6.10 Å². The zero-order valence-corrected chi connectivity index (χ0v) is 17.5. The number of nitrogens with zero attached hydrogens (tertiary/aromatic N) is 2. The third kappa shape index (κ3) is 4.91. The van der Waals surface area contributed by atoms with Crippen LogP contribution < -0.4 is 15.0 Å². The van der Waals surface area contributed by atoms with Crippen molar-refractivity contribution >= 4 is 17.6 Å². The fourth-order valence-corrected chi connectivity index (χ4v) is 3.55. The third-order valence-electron chi connectivity index (χ3n) is 5.24.